The van der Waals surface area contributed by atoms with Crippen LogP contribution in [0, 0.1) is 17.0 Å². The molecule has 1 atom stereocenters. The molecule has 4 heteroatoms. The first-order valence-electron chi connectivity index (χ1n) is 6.26. The second-order valence-corrected chi connectivity index (χ2v) is 5.81. The SMILES string of the molecule is CC1(C(O)c2cc(F)c(F)cc2Cl)CCCCC1. The first-order valence-corrected chi connectivity index (χ1v) is 6.64. The summed E-state index contributed by atoms with van der Waals surface area (Å²) in [5, 5.41) is 10.5. The van der Waals surface area contributed by atoms with Crippen LogP contribution in [-0.4, -0.2) is 5.11 Å². The maximum absolute atomic E-state index is 13.3. The van der Waals surface area contributed by atoms with Gasteiger partial charge >= 0.3 is 0 Å². The zero-order valence-corrected chi connectivity index (χ0v) is 11.1. The number of rotatable bonds is 2. The van der Waals surface area contributed by atoms with E-state index in [0.29, 0.717) is 5.56 Å². The van der Waals surface area contributed by atoms with Crippen molar-refractivity contribution in [1.29, 1.82) is 0 Å². The van der Waals surface area contributed by atoms with Gasteiger partial charge in [0.2, 0.25) is 0 Å². The van der Waals surface area contributed by atoms with Crippen molar-refractivity contribution in [3.05, 3.63) is 34.4 Å². The van der Waals surface area contributed by atoms with Gasteiger partial charge in [0.15, 0.2) is 11.6 Å². The van der Waals surface area contributed by atoms with Crippen molar-refractivity contribution in [2.24, 2.45) is 5.41 Å². The van der Waals surface area contributed by atoms with E-state index in [4.69, 9.17) is 11.6 Å². The van der Waals surface area contributed by atoms with Crippen LogP contribution in [-0.2, 0) is 0 Å². The number of hydrogen-bond donors (Lipinski definition) is 1. The van der Waals surface area contributed by atoms with Crippen LogP contribution < -0.4 is 0 Å². The average molecular weight is 275 g/mol. The maximum Gasteiger partial charge on any atom is 0.160 e. The zero-order chi connectivity index (χ0) is 13.3. The van der Waals surface area contributed by atoms with Crippen molar-refractivity contribution in [3.8, 4) is 0 Å². The summed E-state index contributed by atoms with van der Waals surface area (Å²) in [6, 6.07) is 1.95. The lowest BCUT2D eigenvalue weighted by Crippen LogP contribution is -2.28. The van der Waals surface area contributed by atoms with Crippen LogP contribution in [0.5, 0.6) is 0 Å². The highest BCUT2D eigenvalue weighted by Gasteiger charge is 2.36. The highest BCUT2D eigenvalue weighted by atomic mass is 35.5. The predicted octanol–water partition coefficient (Wildman–Crippen LogP) is 4.62. The fourth-order valence-corrected chi connectivity index (χ4v) is 3.01. The second kappa shape index (κ2) is 5.14. The van der Waals surface area contributed by atoms with Gasteiger partial charge in [-0.3, -0.25) is 0 Å². The van der Waals surface area contributed by atoms with Gasteiger partial charge in [0, 0.05) is 10.6 Å². The molecule has 0 spiro atoms. The first kappa shape index (κ1) is 13.8. The van der Waals surface area contributed by atoms with E-state index in [1.54, 1.807) is 0 Å². The average Bonchev–Trinajstić information content (AvgIpc) is 2.34. The van der Waals surface area contributed by atoms with E-state index in [1.807, 2.05) is 6.92 Å². The molecule has 0 amide bonds. The van der Waals surface area contributed by atoms with Crippen molar-refractivity contribution >= 4 is 11.6 Å². The first-order chi connectivity index (χ1) is 8.44. The molecule has 1 aliphatic carbocycles. The minimum atomic E-state index is -0.982. The minimum absolute atomic E-state index is 0.0909. The number of halogens is 3. The lowest BCUT2D eigenvalue weighted by Gasteiger charge is -2.38. The maximum atomic E-state index is 13.3. The van der Waals surface area contributed by atoms with Crippen molar-refractivity contribution in [2.75, 3.05) is 0 Å². The van der Waals surface area contributed by atoms with E-state index in [9.17, 15) is 13.9 Å². The molecule has 0 radical (unpaired) electrons. The molecule has 1 aromatic carbocycles. The molecule has 0 aromatic heterocycles. The highest BCUT2D eigenvalue weighted by molar-refractivity contribution is 6.31. The van der Waals surface area contributed by atoms with Gasteiger partial charge in [-0.05, 0) is 30.4 Å². The summed E-state index contributed by atoms with van der Waals surface area (Å²) in [6.45, 7) is 1.98. The fraction of sp³-hybridized carbons (Fsp3) is 0.571. The van der Waals surface area contributed by atoms with Gasteiger partial charge < -0.3 is 5.11 Å². The number of aliphatic hydroxyl groups excluding tert-OH is 1. The molecule has 0 aliphatic heterocycles. The Hall–Kier alpha value is -0.670. The van der Waals surface area contributed by atoms with Crippen LogP contribution in [0.2, 0.25) is 5.02 Å². The molecule has 1 unspecified atom stereocenters. The molecule has 1 nitrogen and oxygen atoms in total. The summed E-state index contributed by atoms with van der Waals surface area (Å²) < 4.78 is 26.3. The third-order valence-electron chi connectivity index (χ3n) is 3.99. The summed E-state index contributed by atoms with van der Waals surface area (Å²) in [7, 11) is 0. The monoisotopic (exact) mass is 274 g/mol. The standard InChI is InChI=1S/C14H17ClF2O/c1-14(5-3-2-4-6-14)13(18)9-7-11(16)12(17)8-10(9)15/h7-8,13,18H,2-6H2,1H3. The molecule has 18 heavy (non-hydrogen) atoms. The van der Waals surface area contributed by atoms with Gasteiger partial charge in [-0.15, -0.1) is 0 Å². The lowest BCUT2D eigenvalue weighted by atomic mass is 9.70. The Morgan fingerprint density at radius 3 is 2.33 bits per heavy atom. The van der Waals surface area contributed by atoms with E-state index in [-0.39, 0.29) is 10.4 Å². The molecule has 0 bridgehead atoms. The van der Waals surface area contributed by atoms with Crippen LogP contribution >= 0.6 is 11.6 Å². The summed E-state index contributed by atoms with van der Waals surface area (Å²) in [5.74, 6) is -1.95. The Labute approximate surface area is 111 Å². The fourth-order valence-electron chi connectivity index (χ4n) is 2.76. The molecule has 0 heterocycles. The molecule has 100 valence electrons. The van der Waals surface area contributed by atoms with Gasteiger partial charge in [-0.25, -0.2) is 8.78 Å². The highest BCUT2D eigenvalue weighted by Crippen LogP contribution is 2.47. The molecule has 0 saturated heterocycles. The Morgan fingerprint density at radius 2 is 1.72 bits per heavy atom. The van der Waals surface area contributed by atoms with Crippen molar-refractivity contribution in [3.63, 3.8) is 0 Å². The minimum Gasteiger partial charge on any atom is -0.388 e. The summed E-state index contributed by atoms with van der Waals surface area (Å²) in [5.41, 5.74) is -0.00781. The molecular weight excluding hydrogens is 258 g/mol. The molecule has 2 rings (SSSR count). The summed E-state index contributed by atoms with van der Waals surface area (Å²) >= 11 is 5.91. The summed E-state index contributed by atoms with van der Waals surface area (Å²) in [6.07, 6.45) is 4.17. The predicted molar refractivity (Wildman–Crippen MR) is 67.5 cm³/mol. The molecule has 1 aliphatic rings. The quantitative estimate of drug-likeness (QED) is 0.780. The third kappa shape index (κ3) is 2.52. The Kier molecular flexibility index (Phi) is 3.93. The van der Waals surface area contributed by atoms with Crippen molar-refractivity contribution < 1.29 is 13.9 Å². The van der Waals surface area contributed by atoms with Gasteiger partial charge in [-0.2, -0.15) is 0 Å². The van der Waals surface area contributed by atoms with E-state index in [0.717, 1.165) is 44.2 Å². The van der Waals surface area contributed by atoms with E-state index in [1.165, 1.54) is 0 Å². The third-order valence-corrected chi connectivity index (χ3v) is 4.32. The summed E-state index contributed by atoms with van der Waals surface area (Å²) in [4.78, 5) is 0. The van der Waals surface area contributed by atoms with Crippen LogP contribution in [0.3, 0.4) is 0 Å². The number of aliphatic hydroxyl groups is 1. The van der Waals surface area contributed by atoms with Crippen molar-refractivity contribution in [2.45, 2.75) is 45.1 Å². The van der Waals surface area contributed by atoms with Crippen molar-refractivity contribution in [1.82, 2.24) is 0 Å². The lowest BCUT2D eigenvalue weighted by molar-refractivity contribution is 0.00801. The van der Waals surface area contributed by atoms with Crippen LogP contribution in [0.4, 0.5) is 8.78 Å². The van der Waals surface area contributed by atoms with E-state index >= 15 is 0 Å². The van der Waals surface area contributed by atoms with Crippen LogP contribution in [0.25, 0.3) is 0 Å². The van der Waals surface area contributed by atoms with Gasteiger partial charge in [0.1, 0.15) is 0 Å². The second-order valence-electron chi connectivity index (χ2n) is 5.41. The Balaban J connectivity index is 2.33. The van der Waals surface area contributed by atoms with Gasteiger partial charge in [0.05, 0.1) is 6.10 Å². The topological polar surface area (TPSA) is 20.2 Å². The van der Waals surface area contributed by atoms with Crippen LogP contribution in [0.1, 0.15) is 50.7 Å². The zero-order valence-electron chi connectivity index (χ0n) is 10.3. The smallest absolute Gasteiger partial charge is 0.160 e. The molecule has 1 aromatic rings. The normalized spacial score (nSPS) is 20.7. The number of benzene rings is 1. The number of hydrogen-bond acceptors (Lipinski definition) is 1. The van der Waals surface area contributed by atoms with Gasteiger partial charge in [0.25, 0.3) is 0 Å². The van der Waals surface area contributed by atoms with Gasteiger partial charge in [-0.1, -0.05) is 37.8 Å². The molecule has 1 fully saturated rings. The van der Waals surface area contributed by atoms with Crippen LogP contribution in [0.15, 0.2) is 12.1 Å². The largest absolute Gasteiger partial charge is 0.388 e. The molecule has 1 saturated carbocycles. The Bertz CT molecular complexity index is 442. The van der Waals surface area contributed by atoms with E-state index < -0.39 is 17.7 Å². The van der Waals surface area contributed by atoms with E-state index in [2.05, 4.69) is 0 Å². The molecular formula is C14H17ClF2O. The Morgan fingerprint density at radius 1 is 1.17 bits per heavy atom. The molecule has 1 N–H and O–H groups in total.